The first kappa shape index (κ1) is 11.4. The zero-order valence-corrected chi connectivity index (χ0v) is 11.5. The minimum absolute atomic E-state index is 0.699. The minimum Gasteiger partial charge on any atom is -0.296 e. The molecule has 0 amide bonds. The molecule has 2 heterocycles. The van der Waals surface area contributed by atoms with Gasteiger partial charge in [0, 0.05) is 17.5 Å². The quantitative estimate of drug-likeness (QED) is 0.748. The molecular formula is C14H20N2S. The molecule has 0 aromatic carbocycles. The van der Waals surface area contributed by atoms with Gasteiger partial charge in [-0.05, 0) is 38.6 Å². The molecule has 2 atom stereocenters. The molecule has 1 aliphatic heterocycles. The lowest BCUT2D eigenvalue weighted by Crippen LogP contribution is -2.48. The Kier molecular flexibility index (Phi) is 3.05. The van der Waals surface area contributed by atoms with Gasteiger partial charge in [-0.1, -0.05) is 18.6 Å². The van der Waals surface area contributed by atoms with E-state index < -0.39 is 0 Å². The molecule has 0 saturated heterocycles. The van der Waals surface area contributed by atoms with Gasteiger partial charge in [0.15, 0.2) is 0 Å². The van der Waals surface area contributed by atoms with Crippen LogP contribution in [0.15, 0.2) is 17.2 Å². The van der Waals surface area contributed by atoms with E-state index in [-0.39, 0.29) is 0 Å². The van der Waals surface area contributed by atoms with Crippen LogP contribution in [0.5, 0.6) is 0 Å². The van der Waals surface area contributed by atoms with Gasteiger partial charge >= 0.3 is 0 Å². The number of fused-ring (bicyclic) bond motifs is 2. The summed E-state index contributed by atoms with van der Waals surface area (Å²) in [5.74, 6) is 0.699. The van der Waals surface area contributed by atoms with Crippen LogP contribution in [-0.2, 0) is 12.8 Å². The van der Waals surface area contributed by atoms with E-state index >= 15 is 0 Å². The van der Waals surface area contributed by atoms with Crippen molar-refractivity contribution in [2.45, 2.75) is 39.2 Å². The molecule has 17 heavy (non-hydrogen) atoms. The van der Waals surface area contributed by atoms with Crippen LogP contribution in [0.3, 0.4) is 0 Å². The molecule has 0 fully saturated rings. The molecule has 2 nitrogen and oxygen atoms in total. The van der Waals surface area contributed by atoms with Gasteiger partial charge in [-0.25, -0.2) is 4.98 Å². The van der Waals surface area contributed by atoms with Crippen molar-refractivity contribution in [3.63, 3.8) is 0 Å². The fraction of sp³-hybridized carbons (Fsp3) is 0.643. The van der Waals surface area contributed by atoms with Crippen molar-refractivity contribution in [2.24, 2.45) is 5.92 Å². The third kappa shape index (κ3) is 2.06. The van der Waals surface area contributed by atoms with E-state index in [1.54, 1.807) is 5.57 Å². The lowest BCUT2D eigenvalue weighted by Gasteiger charge is -2.42. The Labute approximate surface area is 107 Å². The first-order chi connectivity index (χ1) is 8.28. The Hall–Kier alpha value is -0.670. The van der Waals surface area contributed by atoms with Crippen molar-refractivity contribution in [3.8, 4) is 0 Å². The predicted molar refractivity (Wildman–Crippen MR) is 72.4 cm³/mol. The van der Waals surface area contributed by atoms with Gasteiger partial charge in [0.05, 0.1) is 11.2 Å². The smallest absolute Gasteiger partial charge is 0.0797 e. The van der Waals surface area contributed by atoms with Crippen molar-refractivity contribution in [1.82, 2.24) is 9.88 Å². The molecule has 0 bridgehead atoms. The summed E-state index contributed by atoms with van der Waals surface area (Å²) in [6.45, 7) is 6.96. The summed E-state index contributed by atoms with van der Waals surface area (Å²) in [7, 11) is 0. The normalized spacial score (nSPS) is 28.5. The van der Waals surface area contributed by atoms with E-state index in [1.165, 1.54) is 36.5 Å². The maximum atomic E-state index is 4.51. The second kappa shape index (κ2) is 4.54. The van der Waals surface area contributed by atoms with Crippen LogP contribution in [0.25, 0.3) is 0 Å². The predicted octanol–water partition coefficient (Wildman–Crippen LogP) is 2.90. The highest BCUT2D eigenvalue weighted by Gasteiger charge is 2.35. The summed E-state index contributed by atoms with van der Waals surface area (Å²) in [4.78, 5) is 8.73. The van der Waals surface area contributed by atoms with Crippen LogP contribution in [0.4, 0.5) is 0 Å². The fourth-order valence-electron chi connectivity index (χ4n) is 3.28. The lowest BCUT2D eigenvalue weighted by atomic mass is 9.81. The van der Waals surface area contributed by atoms with Gasteiger partial charge in [0.25, 0.3) is 0 Å². The van der Waals surface area contributed by atoms with Crippen molar-refractivity contribution < 1.29 is 0 Å². The Morgan fingerprint density at radius 2 is 2.35 bits per heavy atom. The summed E-state index contributed by atoms with van der Waals surface area (Å²) in [5, 5.41) is 0. The Bertz CT molecular complexity index is 435. The first-order valence-electron chi connectivity index (χ1n) is 6.60. The molecule has 1 aromatic rings. The van der Waals surface area contributed by atoms with Crippen molar-refractivity contribution >= 4 is 11.3 Å². The fourth-order valence-corrected chi connectivity index (χ4v) is 4.13. The molecular weight excluding hydrogens is 228 g/mol. The zero-order chi connectivity index (χ0) is 11.8. The van der Waals surface area contributed by atoms with Crippen molar-refractivity contribution in [3.05, 3.63) is 27.7 Å². The van der Waals surface area contributed by atoms with Gasteiger partial charge in [0.1, 0.15) is 0 Å². The molecule has 0 radical (unpaired) electrons. The number of nitrogens with zero attached hydrogens (tertiary/aromatic N) is 2. The molecule has 0 saturated carbocycles. The summed E-state index contributed by atoms with van der Waals surface area (Å²) < 4.78 is 0. The third-order valence-electron chi connectivity index (χ3n) is 3.97. The van der Waals surface area contributed by atoms with Gasteiger partial charge < -0.3 is 0 Å². The summed E-state index contributed by atoms with van der Waals surface area (Å²) in [6.07, 6.45) is 6.13. The monoisotopic (exact) mass is 248 g/mol. The average molecular weight is 248 g/mol. The molecule has 0 N–H and O–H groups in total. The molecule has 3 heteroatoms. The lowest BCUT2D eigenvalue weighted by molar-refractivity contribution is 0.150. The zero-order valence-electron chi connectivity index (χ0n) is 10.6. The Morgan fingerprint density at radius 1 is 1.47 bits per heavy atom. The molecule has 0 spiro atoms. The second-order valence-electron chi connectivity index (χ2n) is 5.35. The molecule has 3 rings (SSSR count). The van der Waals surface area contributed by atoms with Gasteiger partial charge in [-0.2, -0.15) is 0 Å². The first-order valence-corrected chi connectivity index (χ1v) is 7.48. The SMILES string of the molecule is CCCN1CC(C)=C[C@H]2Cc3ncsc3C[C@@H]21. The number of hydrogen-bond donors (Lipinski definition) is 0. The topological polar surface area (TPSA) is 16.1 Å². The number of thiazole rings is 1. The molecule has 1 aliphatic carbocycles. The average Bonchev–Trinajstić information content (AvgIpc) is 2.73. The highest BCUT2D eigenvalue weighted by molar-refractivity contribution is 7.09. The van der Waals surface area contributed by atoms with Crippen LogP contribution >= 0.6 is 11.3 Å². The van der Waals surface area contributed by atoms with Crippen LogP contribution in [0, 0.1) is 5.92 Å². The number of rotatable bonds is 2. The van der Waals surface area contributed by atoms with E-state index in [1.807, 2.05) is 16.8 Å². The molecule has 2 aliphatic rings. The van der Waals surface area contributed by atoms with Gasteiger partial charge in [-0.3, -0.25) is 4.90 Å². The third-order valence-corrected chi connectivity index (χ3v) is 4.87. The van der Waals surface area contributed by atoms with Crippen molar-refractivity contribution in [1.29, 1.82) is 0 Å². The van der Waals surface area contributed by atoms with E-state index in [2.05, 4.69) is 29.8 Å². The number of hydrogen-bond acceptors (Lipinski definition) is 3. The Balaban J connectivity index is 1.89. The van der Waals surface area contributed by atoms with E-state index in [9.17, 15) is 0 Å². The highest BCUT2D eigenvalue weighted by atomic mass is 32.1. The largest absolute Gasteiger partial charge is 0.296 e. The van der Waals surface area contributed by atoms with Gasteiger partial charge in [0.2, 0.25) is 0 Å². The summed E-state index contributed by atoms with van der Waals surface area (Å²) in [6, 6.07) is 0.728. The molecule has 0 unspecified atom stereocenters. The van der Waals surface area contributed by atoms with E-state index in [0.717, 1.165) is 12.5 Å². The van der Waals surface area contributed by atoms with Crippen molar-refractivity contribution in [2.75, 3.05) is 13.1 Å². The van der Waals surface area contributed by atoms with Crippen LogP contribution in [-0.4, -0.2) is 29.0 Å². The van der Waals surface area contributed by atoms with E-state index in [4.69, 9.17) is 0 Å². The van der Waals surface area contributed by atoms with E-state index in [0.29, 0.717) is 5.92 Å². The number of aromatic nitrogens is 1. The summed E-state index contributed by atoms with van der Waals surface area (Å²) in [5.41, 5.74) is 4.92. The van der Waals surface area contributed by atoms with Gasteiger partial charge in [-0.15, -0.1) is 11.3 Å². The maximum Gasteiger partial charge on any atom is 0.0797 e. The highest BCUT2D eigenvalue weighted by Crippen LogP contribution is 2.34. The van der Waals surface area contributed by atoms with Crippen LogP contribution in [0.1, 0.15) is 30.8 Å². The van der Waals surface area contributed by atoms with Crippen LogP contribution < -0.4 is 0 Å². The molecule has 1 aromatic heterocycles. The van der Waals surface area contributed by atoms with Crippen LogP contribution in [0.2, 0.25) is 0 Å². The Morgan fingerprint density at radius 3 is 3.18 bits per heavy atom. The maximum absolute atomic E-state index is 4.51. The second-order valence-corrected chi connectivity index (χ2v) is 6.28. The molecule has 92 valence electrons. The summed E-state index contributed by atoms with van der Waals surface area (Å²) >= 11 is 1.84. The standard InChI is InChI=1S/C14H20N2S/c1-3-4-16-8-10(2)5-11-6-12-14(7-13(11)16)17-9-15-12/h5,9,11,13H,3-4,6-8H2,1-2H3/t11-,13-/m0/s1. The minimum atomic E-state index is 0.699.